The van der Waals surface area contributed by atoms with Crippen LogP contribution < -0.4 is 10.1 Å². The number of hydrogen-bond donors (Lipinski definition) is 1. The Hall–Kier alpha value is -1.44. The van der Waals surface area contributed by atoms with Gasteiger partial charge in [-0.1, -0.05) is 24.3 Å². The van der Waals surface area contributed by atoms with E-state index in [1.54, 1.807) is 0 Å². The maximum Gasteiger partial charge on any atom is 0.150 e. The summed E-state index contributed by atoms with van der Waals surface area (Å²) in [6, 6.07) is 15.8. The summed E-state index contributed by atoms with van der Waals surface area (Å²) in [5.74, 6) is 1.76. The molecule has 0 fully saturated rings. The number of para-hydroxylation sites is 4. The number of fused-ring (bicyclic) bond motifs is 2. The van der Waals surface area contributed by atoms with Crippen molar-refractivity contribution in [1.82, 2.24) is 0 Å². The molecule has 15 heavy (non-hydrogen) atoms. The second-order valence-corrected chi connectivity index (χ2v) is 3.22. The minimum Gasteiger partial charge on any atom is -0.453 e. The van der Waals surface area contributed by atoms with E-state index in [2.05, 4.69) is 5.32 Å². The SMILES string of the molecule is [Se].c1ccc2c(c1)Nc1ccccc1O2. The van der Waals surface area contributed by atoms with Gasteiger partial charge < -0.3 is 10.1 Å². The maximum absolute atomic E-state index is 5.71. The van der Waals surface area contributed by atoms with E-state index < -0.39 is 0 Å². The number of nitrogens with one attached hydrogen (secondary N) is 1. The topological polar surface area (TPSA) is 21.3 Å². The van der Waals surface area contributed by atoms with E-state index in [9.17, 15) is 0 Å². The fraction of sp³-hybridized carbons (Fsp3) is 0. The third-order valence-corrected chi connectivity index (χ3v) is 2.26. The van der Waals surface area contributed by atoms with Crippen LogP contribution in [-0.2, 0) is 0 Å². The zero-order valence-corrected chi connectivity index (χ0v) is 9.65. The Kier molecular flexibility index (Phi) is 2.67. The van der Waals surface area contributed by atoms with Crippen molar-refractivity contribution in [2.24, 2.45) is 0 Å². The molecule has 0 saturated heterocycles. The van der Waals surface area contributed by atoms with Crippen LogP contribution in [0.2, 0.25) is 0 Å². The molecule has 2 aromatic rings. The van der Waals surface area contributed by atoms with Crippen molar-refractivity contribution >= 4 is 28.4 Å². The molecule has 3 heteroatoms. The van der Waals surface area contributed by atoms with Gasteiger partial charge in [0.2, 0.25) is 0 Å². The first kappa shape index (κ1) is 10.1. The smallest absolute Gasteiger partial charge is 0.150 e. The van der Waals surface area contributed by atoms with Crippen molar-refractivity contribution in [1.29, 1.82) is 0 Å². The zero-order chi connectivity index (χ0) is 9.38. The molecule has 0 bridgehead atoms. The van der Waals surface area contributed by atoms with Crippen molar-refractivity contribution in [2.45, 2.75) is 0 Å². The van der Waals surface area contributed by atoms with Gasteiger partial charge >= 0.3 is 0 Å². The fourth-order valence-corrected chi connectivity index (χ4v) is 1.58. The molecule has 3 rings (SSSR count). The Bertz CT molecular complexity index is 397. The van der Waals surface area contributed by atoms with Crippen molar-refractivity contribution in [3.63, 3.8) is 0 Å². The molecule has 0 atom stereocenters. The Labute approximate surface area is 98.7 Å². The monoisotopic (exact) mass is 263 g/mol. The first-order chi connectivity index (χ1) is 6.93. The number of benzene rings is 2. The minimum atomic E-state index is 0. The summed E-state index contributed by atoms with van der Waals surface area (Å²) in [7, 11) is 0. The van der Waals surface area contributed by atoms with Gasteiger partial charge in [-0.15, -0.1) is 0 Å². The van der Waals surface area contributed by atoms with Crippen molar-refractivity contribution in [2.75, 3.05) is 5.32 Å². The molecule has 0 unspecified atom stereocenters. The first-order valence-corrected chi connectivity index (χ1v) is 4.56. The van der Waals surface area contributed by atoms with E-state index in [0.29, 0.717) is 0 Å². The summed E-state index contributed by atoms with van der Waals surface area (Å²) in [6.45, 7) is 0. The van der Waals surface area contributed by atoms with Crippen molar-refractivity contribution < 1.29 is 4.74 Å². The molecule has 2 aromatic carbocycles. The Morgan fingerprint density at radius 2 is 1.20 bits per heavy atom. The Morgan fingerprint density at radius 3 is 1.73 bits per heavy atom. The van der Waals surface area contributed by atoms with Crippen LogP contribution in [0.3, 0.4) is 0 Å². The molecular formula is C12H9NOSe. The second kappa shape index (κ2) is 3.97. The average molecular weight is 262 g/mol. The molecule has 2 nitrogen and oxygen atoms in total. The number of ether oxygens (including phenoxy) is 1. The number of hydrogen-bond acceptors (Lipinski definition) is 2. The number of anilines is 2. The predicted octanol–water partition coefficient (Wildman–Crippen LogP) is 3.16. The van der Waals surface area contributed by atoms with E-state index in [0.717, 1.165) is 22.9 Å². The molecule has 1 aliphatic heterocycles. The van der Waals surface area contributed by atoms with Crippen molar-refractivity contribution in [3.05, 3.63) is 48.5 Å². The van der Waals surface area contributed by atoms with Crippen LogP contribution in [0.25, 0.3) is 0 Å². The van der Waals surface area contributed by atoms with Crippen LogP contribution in [0, 0.1) is 0 Å². The molecule has 0 saturated carbocycles. The third-order valence-electron chi connectivity index (χ3n) is 2.26. The van der Waals surface area contributed by atoms with Gasteiger partial charge in [-0.25, -0.2) is 0 Å². The van der Waals surface area contributed by atoms with Gasteiger partial charge in [0.05, 0.1) is 11.4 Å². The van der Waals surface area contributed by atoms with Crippen LogP contribution in [0.4, 0.5) is 11.4 Å². The number of rotatable bonds is 0. The molecule has 2 radical (unpaired) electrons. The van der Waals surface area contributed by atoms with Crippen LogP contribution >= 0.6 is 0 Å². The first-order valence-electron chi connectivity index (χ1n) is 4.56. The molecule has 1 N–H and O–H groups in total. The summed E-state index contributed by atoms with van der Waals surface area (Å²) in [4.78, 5) is 0. The quantitative estimate of drug-likeness (QED) is 0.628. The molecule has 74 valence electrons. The third kappa shape index (κ3) is 1.72. The van der Waals surface area contributed by atoms with Gasteiger partial charge in [-0.05, 0) is 24.3 Å². The van der Waals surface area contributed by atoms with Crippen LogP contribution in [0.5, 0.6) is 11.5 Å². The van der Waals surface area contributed by atoms with E-state index in [-0.39, 0.29) is 17.1 Å². The molecule has 0 spiro atoms. The van der Waals surface area contributed by atoms with Gasteiger partial charge in [0.25, 0.3) is 0 Å². The second-order valence-electron chi connectivity index (χ2n) is 3.22. The molecule has 1 heterocycles. The predicted molar refractivity (Wildman–Crippen MR) is 62.0 cm³/mol. The minimum absolute atomic E-state index is 0. The van der Waals surface area contributed by atoms with E-state index >= 15 is 0 Å². The Morgan fingerprint density at radius 1 is 0.733 bits per heavy atom. The summed E-state index contributed by atoms with van der Waals surface area (Å²) in [5, 5.41) is 3.32. The fourth-order valence-electron chi connectivity index (χ4n) is 1.58. The van der Waals surface area contributed by atoms with Gasteiger partial charge in [-0.2, -0.15) is 0 Å². The normalized spacial score (nSPS) is 11.2. The van der Waals surface area contributed by atoms with Crippen molar-refractivity contribution in [3.8, 4) is 11.5 Å². The standard InChI is InChI=1S/C12H9NO.Se/c1-3-7-11-9(5-1)13-10-6-2-4-8-12(10)14-11;/h1-8,13H;. The largest absolute Gasteiger partial charge is 0.453 e. The summed E-state index contributed by atoms with van der Waals surface area (Å²) in [6.07, 6.45) is 0. The van der Waals surface area contributed by atoms with Crippen LogP contribution in [0.15, 0.2) is 48.5 Å². The van der Waals surface area contributed by atoms with Gasteiger partial charge in [0.1, 0.15) is 0 Å². The summed E-state index contributed by atoms with van der Waals surface area (Å²) >= 11 is 0. The molecule has 0 aliphatic carbocycles. The van der Waals surface area contributed by atoms with Crippen LogP contribution in [0.1, 0.15) is 0 Å². The van der Waals surface area contributed by atoms with Crippen LogP contribution in [-0.4, -0.2) is 17.1 Å². The molecule has 0 amide bonds. The average Bonchev–Trinajstić information content (AvgIpc) is 2.26. The van der Waals surface area contributed by atoms with E-state index in [1.807, 2.05) is 48.5 Å². The summed E-state index contributed by atoms with van der Waals surface area (Å²) < 4.78 is 5.71. The zero-order valence-electron chi connectivity index (χ0n) is 7.94. The Balaban J connectivity index is 0.000000853. The molecular weight excluding hydrogens is 253 g/mol. The van der Waals surface area contributed by atoms with Gasteiger partial charge in [-0.3, -0.25) is 0 Å². The molecule has 1 aliphatic rings. The van der Waals surface area contributed by atoms with E-state index in [4.69, 9.17) is 4.74 Å². The van der Waals surface area contributed by atoms with Gasteiger partial charge in [0, 0.05) is 17.1 Å². The summed E-state index contributed by atoms with van der Waals surface area (Å²) in [5.41, 5.74) is 2.04. The van der Waals surface area contributed by atoms with E-state index in [1.165, 1.54) is 0 Å². The molecule has 0 aromatic heterocycles. The maximum atomic E-state index is 5.71. The van der Waals surface area contributed by atoms with Gasteiger partial charge in [0.15, 0.2) is 11.5 Å².